The van der Waals surface area contributed by atoms with Crippen LogP contribution in [0.1, 0.15) is 32.8 Å². The summed E-state index contributed by atoms with van der Waals surface area (Å²) in [5.74, 6) is 0. The molecule has 0 radical (unpaired) electrons. The first kappa shape index (κ1) is 16.7. The molecule has 0 amide bonds. The summed E-state index contributed by atoms with van der Waals surface area (Å²) in [4.78, 5) is 2.52. The summed E-state index contributed by atoms with van der Waals surface area (Å²) in [7, 11) is -0.760. The van der Waals surface area contributed by atoms with Crippen LogP contribution in [0, 0.1) is 0 Å². The van der Waals surface area contributed by atoms with Gasteiger partial charge >= 0.3 is 0 Å². The first-order valence-electron chi connectivity index (χ1n) is 7.83. The Morgan fingerprint density at radius 1 is 1.43 bits per heavy atom. The lowest BCUT2D eigenvalue weighted by Crippen LogP contribution is -2.62. The van der Waals surface area contributed by atoms with Crippen LogP contribution in [0.2, 0.25) is 0 Å². The van der Waals surface area contributed by atoms with Crippen molar-refractivity contribution in [3.8, 4) is 0 Å². The molecular weight excluding hydrogens is 280 g/mol. The lowest BCUT2D eigenvalue weighted by Gasteiger charge is -2.47. The second-order valence-corrected chi connectivity index (χ2v) is 8.18. The lowest BCUT2D eigenvalue weighted by atomic mass is 9.87. The normalized spacial score (nSPS) is 30.0. The molecule has 1 fully saturated rings. The van der Waals surface area contributed by atoms with Crippen molar-refractivity contribution in [2.24, 2.45) is 0 Å². The molecule has 3 nitrogen and oxygen atoms in total. The van der Waals surface area contributed by atoms with Gasteiger partial charge in [0, 0.05) is 48.0 Å². The molecule has 1 aromatic carbocycles. The van der Waals surface area contributed by atoms with E-state index in [4.69, 9.17) is 0 Å². The molecule has 1 aliphatic rings. The second kappa shape index (κ2) is 7.03. The highest BCUT2D eigenvalue weighted by Crippen LogP contribution is 2.27. The number of nitrogens with one attached hydrogen (secondary N) is 1. The van der Waals surface area contributed by atoms with E-state index in [2.05, 4.69) is 61.3 Å². The molecule has 21 heavy (non-hydrogen) atoms. The molecule has 1 aliphatic heterocycles. The van der Waals surface area contributed by atoms with Gasteiger partial charge in [0.05, 0.1) is 5.54 Å². The fourth-order valence-corrected chi connectivity index (χ4v) is 3.52. The van der Waals surface area contributed by atoms with Crippen molar-refractivity contribution in [3.05, 3.63) is 35.9 Å². The molecular formula is C17H28N2OS. The Kier molecular flexibility index (Phi) is 5.58. The molecule has 0 aromatic heterocycles. The minimum absolute atomic E-state index is 0.0259. The van der Waals surface area contributed by atoms with E-state index in [1.807, 2.05) is 6.26 Å². The van der Waals surface area contributed by atoms with Gasteiger partial charge in [-0.3, -0.25) is 9.11 Å². The van der Waals surface area contributed by atoms with E-state index in [1.54, 1.807) is 0 Å². The van der Waals surface area contributed by atoms with Crippen LogP contribution in [-0.2, 0) is 16.3 Å². The molecule has 0 aliphatic carbocycles. The minimum atomic E-state index is -0.760. The summed E-state index contributed by atoms with van der Waals surface area (Å²) in [6.07, 6.45) is 2.94. The molecule has 2 rings (SSSR count). The second-order valence-electron chi connectivity index (χ2n) is 6.38. The Morgan fingerprint density at radius 3 is 2.67 bits per heavy atom. The number of nitrogens with zero attached hydrogens (tertiary/aromatic N) is 1. The number of hydrogen-bond donors (Lipinski definition) is 1. The van der Waals surface area contributed by atoms with Gasteiger partial charge < -0.3 is 5.32 Å². The molecule has 118 valence electrons. The average molecular weight is 308 g/mol. The largest absolute Gasteiger partial charge is 0.305 e. The summed E-state index contributed by atoms with van der Waals surface area (Å²) in [5, 5.41) is 3.95. The fraction of sp³-hybridized carbons (Fsp3) is 0.647. The standard InChI is InChI=1S/C17H28N2OS/c1-5-16-11-18-17(3,15-9-7-6-8-10-15)13-19(16)12-14(2)21(4)20/h6-10,14,16,18H,5,11-13H2,1-4H3. The molecule has 4 atom stereocenters. The number of benzene rings is 1. The van der Waals surface area contributed by atoms with Crippen LogP contribution >= 0.6 is 0 Å². The van der Waals surface area contributed by atoms with Gasteiger partial charge in [0.25, 0.3) is 0 Å². The average Bonchev–Trinajstić information content (AvgIpc) is 2.48. The van der Waals surface area contributed by atoms with Gasteiger partial charge in [-0.1, -0.05) is 37.3 Å². The van der Waals surface area contributed by atoms with Crippen molar-refractivity contribution in [2.75, 3.05) is 25.9 Å². The summed E-state index contributed by atoms with van der Waals surface area (Å²) < 4.78 is 11.7. The summed E-state index contributed by atoms with van der Waals surface area (Å²) in [6, 6.07) is 11.2. The fourth-order valence-electron chi connectivity index (χ4n) is 3.11. The van der Waals surface area contributed by atoms with Crippen molar-refractivity contribution >= 4 is 10.8 Å². The van der Waals surface area contributed by atoms with Gasteiger partial charge in [0.2, 0.25) is 0 Å². The number of hydrogen-bond acceptors (Lipinski definition) is 3. The molecule has 0 bridgehead atoms. The minimum Gasteiger partial charge on any atom is -0.305 e. The molecule has 1 heterocycles. The maximum atomic E-state index is 11.7. The van der Waals surface area contributed by atoms with Crippen LogP contribution in [0.4, 0.5) is 0 Å². The van der Waals surface area contributed by atoms with Crippen molar-refractivity contribution in [1.82, 2.24) is 10.2 Å². The number of piperazine rings is 1. The molecule has 0 spiro atoms. The van der Waals surface area contributed by atoms with Gasteiger partial charge in [-0.05, 0) is 25.8 Å². The predicted octanol–water partition coefficient (Wildman–Crippen LogP) is 2.35. The Labute approximate surface area is 131 Å². The van der Waals surface area contributed by atoms with E-state index in [0.717, 1.165) is 26.1 Å². The van der Waals surface area contributed by atoms with Crippen molar-refractivity contribution in [2.45, 2.75) is 44.0 Å². The lowest BCUT2D eigenvalue weighted by molar-refractivity contribution is 0.0843. The third kappa shape index (κ3) is 3.93. The van der Waals surface area contributed by atoms with Crippen molar-refractivity contribution in [1.29, 1.82) is 0 Å². The van der Waals surface area contributed by atoms with E-state index >= 15 is 0 Å². The van der Waals surface area contributed by atoms with Gasteiger partial charge in [-0.2, -0.15) is 0 Å². The zero-order valence-corrected chi connectivity index (χ0v) is 14.5. The predicted molar refractivity (Wildman–Crippen MR) is 91.0 cm³/mol. The maximum absolute atomic E-state index is 11.7. The van der Waals surface area contributed by atoms with E-state index in [9.17, 15) is 4.21 Å². The molecule has 1 saturated heterocycles. The van der Waals surface area contributed by atoms with Crippen molar-refractivity contribution in [3.63, 3.8) is 0 Å². The monoisotopic (exact) mass is 308 g/mol. The van der Waals surface area contributed by atoms with E-state index < -0.39 is 10.8 Å². The Morgan fingerprint density at radius 2 is 2.10 bits per heavy atom. The maximum Gasteiger partial charge on any atom is 0.0535 e. The molecule has 4 unspecified atom stereocenters. The van der Waals surface area contributed by atoms with Gasteiger partial charge in [0.1, 0.15) is 0 Å². The quantitative estimate of drug-likeness (QED) is 0.906. The first-order valence-corrected chi connectivity index (χ1v) is 9.45. The van der Waals surface area contributed by atoms with Crippen LogP contribution in [0.3, 0.4) is 0 Å². The highest BCUT2D eigenvalue weighted by Gasteiger charge is 2.36. The zero-order valence-electron chi connectivity index (χ0n) is 13.6. The van der Waals surface area contributed by atoms with Gasteiger partial charge in [0.15, 0.2) is 0 Å². The topological polar surface area (TPSA) is 32.3 Å². The molecule has 4 heteroatoms. The Balaban J connectivity index is 2.16. The van der Waals surface area contributed by atoms with Crippen LogP contribution in [0.25, 0.3) is 0 Å². The summed E-state index contributed by atoms with van der Waals surface area (Å²) >= 11 is 0. The van der Waals surface area contributed by atoms with Crippen LogP contribution < -0.4 is 5.32 Å². The third-order valence-electron chi connectivity index (χ3n) is 4.70. The number of rotatable bonds is 5. The molecule has 1 N–H and O–H groups in total. The van der Waals surface area contributed by atoms with Crippen molar-refractivity contribution < 1.29 is 4.21 Å². The van der Waals surface area contributed by atoms with Gasteiger partial charge in [-0.15, -0.1) is 0 Å². The van der Waals surface area contributed by atoms with Crippen LogP contribution in [0.15, 0.2) is 30.3 Å². The van der Waals surface area contributed by atoms with Crippen LogP contribution in [0.5, 0.6) is 0 Å². The van der Waals surface area contributed by atoms with E-state index in [0.29, 0.717) is 6.04 Å². The molecule has 1 aromatic rings. The van der Waals surface area contributed by atoms with Crippen LogP contribution in [-0.4, -0.2) is 46.3 Å². The Bertz CT molecular complexity index is 479. The summed E-state index contributed by atoms with van der Waals surface area (Å²) in [6.45, 7) is 9.46. The third-order valence-corrected chi connectivity index (χ3v) is 5.99. The smallest absolute Gasteiger partial charge is 0.0535 e. The van der Waals surface area contributed by atoms with E-state index in [1.165, 1.54) is 5.56 Å². The SMILES string of the molecule is CCC1CNC(C)(c2ccccc2)CN1CC(C)S(C)=O. The first-order chi connectivity index (χ1) is 9.96. The Hall–Kier alpha value is -0.710. The molecule has 0 saturated carbocycles. The van der Waals surface area contributed by atoms with Gasteiger partial charge in [-0.25, -0.2) is 0 Å². The highest BCUT2D eigenvalue weighted by atomic mass is 32.2. The summed E-state index contributed by atoms with van der Waals surface area (Å²) in [5.41, 5.74) is 1.30. The highest BCUT2D eigenvalue weighted by molar-refractivity contribution is 7.84. The van der Waals surface area contributed by atoms with E-state index in [-0.39, 0.29) is 10.8 Å². The zero-order chi connectivity index (χ0) is 15.5.